The second kappa shape index (κ2) is 8.38. The number of nitrogens with zero attached hydrogens (tertiary/aromatic N) is 2. The minimum absolute atomic E-state index is 0.0379. The van der Waals surface area contributed by atoms with Gasteiger partial charge in [0.05, 0.1) is 5.57 Å². The third-order valence-corrected chi connectivity index (χ3v) is 5.64. The number of benzene rings is 2. The molecule has 0 fully saturated rings. The number of hydrogen-bond acceptors (Lipinski definition) is 4. The molecule has 0 bridgehead atoms. The molecule has 158 valence electrons. The van der Waals surface area contributed by atoms with Crippen LogP contribution in [0.25, 0.3) is 6.08 Å². The van der Waals surface area contributed by atoms with Crippen molar-refractivity contribution in [1.29, 1.82) is 0 Å². The highest BCUT2D eigenvalue weighted by Gasteiger charge is 2.34. The van der Waals surface area contributed by atoms with E-state index in [2.05, 4.69) is 66.4 Å². The second-order valence-electron chi connectivity index (χ2n) is 9.14. The van der Waals surface area contributed by atoms with Crippen LogP contribution in [0.2, 0.25) is 0 Å². The maximum Gasteiger partial charge on any atom is 0.368 e. The van der Waals surface area contributed by atoms with Gasteiger partial charge in [0.1, 0.15) is 5.71 Å². The molecule has 4 nitrogen and oxygen atoms in total. The van der Waals surface area contributed by atoms with Crippen molar-refractivity contribution < 1.29 is 9.63 Å². The van der Waals surface area contributed by atoms with Gasteiger partial charge in [-0.15, -0.1) is 0 Å². The van der Waals surface area contributed by atoms with Crippen molar-refractivity contribution in [2.75, 3.05) is 19.0 Å². The molecule has 2 aromatic carbocycles. The molecule has 4 rings (SSSR count). The van der Waals surface area contributed by atoms with Crippen LogP contribution < -0.4 is 4.90 Å². The average molecular weight is 413 g/mol. The molecular weight excluding hydrogens is 384 g/mol. The Balaban J connectivity index is 1.68. The normalized spacial score (nSPS) is 20.5. The Hall–Kier alpha value is -3.40. The summed E-state index contributed by atoms with van der Waals surface area (Å²) in [5, 5.41) is 4.09. The lowest BCUT2D eigenvalue weighted by molar-refractivity contribution is -0.136. The van der Waals surface area contributed by atoms with Gasteiger partial charge in [-0.05, 0) is 47.1 Å². The molecule has 0 saturated carbocycles. The van der Waals surface area contributed by atoms with Gasteiger partial charge in [-0.25, -0.2) is 4.79 Å². The van der Waals surface area contributed by atoms with Crippen molar-refractivity contribution in [1.82, 2.24) is 0 Å². The predicted molar refractivity (Wildman–Crippen MR) is 127 cm³/mol. The fourth-order valence-corrected chi connectivity index (χ4v) is 4.16. The first kappa shape index (κ1) is 20.9. The van der Waals surface area contributed by atoms with E-state index in [1.807, 2.05) is 44.4 Å². The maximum absolute atomic E-state index is 12.6. The Morgan fingerprint density at radius 2 is 1.68 bits per heavy atom. The molecule has 1 aliphatic carbocycles. The molecular formula is C27H28N2O2. The number of allylic oxidation sites excluding steroid dienone is 4. The van der Waals surface area contributed by atoms with Crippen LogP contribution in [0.15, 0.2) is 88.6 Å². The van der Waals surface area contributed by atoms with Gasteiger partial charge < -0.3 is 9.74 Å². The topological polar surface area (TPSA) is 41.9 Å². The zero-order valence-corrected chi connectivity index (χ0v) is 18.6. The van der Waals surface area contributed by atoms with Crippen molar-refractivity contribution in [2.24, 2.45) is 10.6 Å². The maximum atomic E-state index is 12.6. The summed E-state index contributed by atoms with van der Waals surface area (Å²) in [5.41, 5.74) is 6.65. The van der Waals surface area contributed by atoms with Crippen LogP contribution in [0, 0.1) is 5.41 Å². The van der Waals surface area contributed by atoms with E-state index in [4.69, 9.17) is 4.84 Å². The quantitative estimate of drug-likeness (QED) is 0.473. The number of oxime groups is 1. The zero-order chi connectivity index (χ0) is 22.0. The van der Waals surface area contributed by atoms with Gasteiger partial charge in [0.2, 0.25) is 0 Å². The molecule has 0 aromatic heterocycles. The van der Waals surface area contributed by atoms with Gasteiger partial charge in [-0.2, -0.15) is 0 Å². The highest BCUT2D eigenvalue weighted by Crippen LogP contribution is 2.41. The number of carbonyl (C=O) groups is 1. The summed E-state index contributed by atoms with van der Waals surface area (Å²) >= 11 is 0. The molecule has 0 spiro atoms. The molecule has 0 amide bonds. The summed E-state index contributed by atoms with van der Waals surface area (Å²) in [5.74, 6) is -0.370. The summed E-state index contributed by atoms with van der Waals surface area (Å²) in [6.07, 6.45) is 8.18. The summed E-state index contributed by atoms with van der Waals surface area (Å²) < 4.78 is 0. The van der Waals surface area contributed by atoms with E-state index in [1.54, 1.807) is 0 Å². The van der Waals surface area contributed by atoms with Gasteiger partial charge >= 0.3 is 5.97 Å². The number of anilines is 1. The van der Waals surface area contributed by atoms with Crippen molar-refractivity contribution in [3.05, 3.63) is 94.6 Å². The van der Waals surface area contributed by atoms with Gasteiger partial charge in [-0.1, -0.05) is 79.7 Å². The Morgan fingerprint density at radius 3 is 2.35 bits per heavy atom. The van der Waals surface area contributed by atoms with Crippen LogP contribution in [-0.2, 0) is 9.63 Å². The minimum atomic E-state index is -0.370. The van der Waals surface area contributed by atoms with Crippen LogP contribution in [-0.4, -0.2) is 25.8 Å². The minimum Gasteiger partial charge on any atom is -0.378 e. The monoisotopic (exact) mass is 412 g/mol. The fraction of sp³-hybridized carbons (Fsp3) is 0.259. The van der Waals surface area contributed by atoms with Crippen molar-refractivity contribution in [3.8, 4) is 0 Å². The number of carbonyl (C=O) groups excluding carboxylic acids is 1. The lowest BCUT2D eigenvalue weighted by Gasteiger charge is -2.31. The Morgan fingerprint density at radius 1 is 0.968 bits per heavy atom. The molecule has 31 heavy (non-hydrogen) atoms. The van der Waals surface area contributed by atoms with Crippen LogP contribution in [0.3, 0.4) is 0 Å². The van der Waals surface area contributed by atoms with Crippen molar-refractivity contribution >= 4 is 23.4 Å². The standard InChI is InChI=1S/C27H28N2O2/c1-27(2)17-20(11-10-19-12-14-23(15-13-19)29(3)4)16-22(18-27)24-25(28-31-26(24)30)21-8-6-5-7-9-21/h5-16H,17-18H2,1-4H3. The van der Waals surface area contributed by atoms with E-state index in [1.165, 1.54) is 11.3 Å². The smallest absolute Gasteiger partial charge is 0.368 e. The molecule has 0 radical (unpaired) electrons. The lowest BCUT2D eigenvalue weighted by atomic mass is 9.73. The first-order valence-electron chi connectivity index (χ1n) is 10.6. The molecule has 1 aliphatic heterocycles. The van der Waals surface area contributed by atoms with Crippen LogP contribution in [0.4, 0.5) is 5.69 Å². The van der Waals surface area contributed by atoms with Gasteiger partial charge in [0.25, 0.3) is 0 Å². The van der Waals surface area contributed by atoms with E-state index in [0.717, 1.165) is 29.5 Å². The fourth-order valence-electron chi connectivity index (χ4n) is 4.16. The van der Waals surface area contributed by atoms with E-state index in [0.29, 0.717) is 11.3 Å². The lowest BCUT2D eigenvalue weighted by Crippen LogP contribution is -2.20. The molecule has 0 atom stereocenters. The molecule has 4 heteroatoms. The third-order valence-electron chi connectivity index (χ3n) is 5.64. The first-order valence-corrected chi connectivity index (χ1v) is 10.6. The molecule has 1 heterocycles. The largest absolute Gasteiger partial charge is 0.378 e. The van der Waals surface area contributed by atoms with E-state index in [9.17, 15) is 4.79 Å². The highest BCUT2D eigenvalue weighted by molar-refractivity contribution is 6.29. The Labute approximate surface area is 184 Å². The third kappa shape index (κ3) is 4.69. The average Bonchev–Trinajstić information content (AvgIpc) is 3.13. The second-order valence-corrected chi connectivity index (χ2v) is 9.14. The van der Waals surface area contributed by atoms with E-state index in [-0.39, 0.29) is 11.4 Å². The summed E-state index contributed by atoms with van der Waals surface area (Å²) in [4.78, 5) is 19.8. The molecule has 0 N–H and O–H groups in total. The molecule has 2 aliphatic rings. The van der Waals surface area contributed by atoms with Gasteiger partial charge in [0, 0.05) is 25.3 Å². The Kier molecular flexibility index (Phi) is 5.64. The summed E-state index contributed by atoms with van der Waals surface area (Å²) in [7, 11) is 4.08. The van der Waals surface area contributed by atoms with Crippen LogP contribution in [0.5, 0.6) is 0 Å². The van der Waals surface area contributed by atoms with Crippen LogP contribution in [0.1, 0.15) is 37.8 Å². The molecule has 0 saturated heterocycles. The summed E-state index contributed by atoms with van der Waals surface area (Å²) in [6.45, 7) is 4.47. The number of rotatable bonds is 4. The van der Waals surface area contributed by atoms with Gasteiger partial charge in [0.15, 0.2) is 0 Å². The highest BCUT2D eigenvalue weighted by atomic mass is 16.7. The predicted octanol–water partition coefficient (Wildman–Crippen LogP) is 5.77. The number of hydrogen-bond donors (Lipinski definition) is 0. The first-order chi connectivity index (χ1) is 14.8. The van der Waals surface area contributed by atoms with Gasteiger partial charge in [-0.3, -0.25) is 0 Å². The van der Waals surface area contributed by atoms with E-state index >= 15 is 0 Å². The van der Waals surface area contributed by atoms with E-state index < -0.39 is 0 Å². The zero-order valence-electron chi connectivity index (χ0n) is 18.6. The Bertz CT molecular complexity index is 1100. The van der Waals surface area contributed by atoms with Crippen molar-refractivity contribution in [2.45, 2.75) is 26.7 Å². The molecule has 0 unspecified atom stereocenters. The van der Waals surface area contributed by atoms with Crippen LogP contribution >= 0.6 is 0 Å². The SMILES string of the molecule is CN(C)c1ccc(C=CC2=CC(=C3C(=O)ON=C3c3ccccc3)CC(C)(C)C2)cc1. The molecule has 2 aromatic rings. The van der Waals surface area contributed by atoms with Crippen molar-refractivity contribution in [3.63, 3.8) is 0 Å². The summed E-state index contributed by atoms with van der Waals surface area (Å²) in [6, 6.07) is 18.2.